The first-order valence-corrected chi connectivity index (χ1v) is 11.7. The Morgan fingerprint density at radius 3 is 2.34 bits per heavy atom. The quantitative estimate of drug-likeness (QED) is 0.404. The van der Waals surface area contributed by atoms with Gasteiger partial charge in [0.2, 0.25) is 10.0 Å². The van der Waals surface area contributed by atoms with Crippen LogP contribution in [0.1, 0.15) is 21.7 Å². The molecular formula is C20H22N4O3S2. The molecule has 0 aliphatic carbocycles. The Kier molecular flexibility index (Phi) is 6.39. The largest absolute Gasteiger partial charge is 0.309 e. The first kappa shape index (κ1) is 21.1. The van der Waals surface area contributed by atoms with Gasteiger partial charge in [0, 0.05) is 26.1 Å². The number of sulfonamides is 1. The Morgan fingerprint density at radius 2 is 1.72 bits per heavy atom. The molecule has 0 radical (unpaired) electrons. The van der Waals surface area contributed by atoms with Crippen molar-refractivity contribution < 1.29 is 13.2 Å². The molecule has 7 nitrogen and oxygen atoms in total. The minimum Gasteiger partial charge on any atom is -0.309 e. The van der Waals surface area contributed by atoms with Gasteiger partial charge in [-0.25, -0.2) is 8.42 Å². The Labute approximate surface area is 174 Å². The smallest absolute Gasteiger partial charge is 0.231 e. The summed E-state index contributed by atoms with van der Waals surface area (Å²) in [6.45, 7) is 0. The molecule has 3 aromatic rings. The zero-order valence-electron chi connectivity index (χ0n) is 16.4. The summed E-state index contributed by atoms with van der Waals surface area (Å²) in [5.41, 5.74) is 2.18. The summed E-state index contributed by atoms with van der Waals surface area (Å²) in [7, 11) is 0.0310. The molecule has 29 heavy (non-hydrogen) atoms. The van der Waals surface area contributed by atoms with Crippen molar-refractivity contribution in [1.82, 2.24) is 14.8 Å². The summed E-state index contributed by atoms with van der Waals surface area (Å²) in [5.74, 6) is 0.994. The first-order chi connectivity index (χ1) is 13.8. The highest BCUT2D eigenvalue weighted by Crippen LogP contribution is 2.21. The van der Waals surface area contributed by atoms with Crippen LogP contribution in [0.4, 0.5) is 5.69 Å². The van der Waals surface area contributed by atoms with E-state index in [-0.39, 0.29) is 11.5 Å². The fraction of sp³-hybridized carbons (Fsp3) is 0.250. The predicted octanol–water partition coefficient (Wildman–Crippen LogP) is 2.78. The summed E-state index contributed by atoms with van der Waals surface area (Å²) in [4.78, 5) is 12.5. The van der Waals surface area contributed by atoms with Crippen LogP contribution in [0.3, 0.4) is 0 Å². The molecule has 152 valence electrons. The van der Waals surface area contributed by atoms with Crippen molar-refractivity contribution >= 4 is 33.3 Å². The van der Waals surface area contributed by atoms with Crippen LogP contribution in [0.15, 0.2) is 59.8 Å². The molecule has 0 amide bonds. The summed E-state index contributed by atoms with van der Waals surface area (Å²) in [5, 5.41) is 9.10. The molecule has 1 aromatic heterocycles. The van der Waals surface area contributed by atoms with Crippen molar-refractivity contribution in [3.8, 4) is 0 Å². The standard InChI is InChI=1S/C20H22N4O3S2/c1-23-19(13-15-7-5-4-6-8-15)21-22-20(23)28-14-18(25)16-9-11-17(12-10-16)24(2)29(3,26)27/h4-12H,13-14H2,1-3H3. The lowest BCUT2D eigenvalue weighted by molar-refractivity contribution is 0.102. The van der Waals surface area contributed by atoms with Gasteiger partial charge in [-0.15, -0.1) is 10.2 Å². The van der Waals surface area contributed by atoms with Crippen LogP contribution >= 0.6 is 11.8 Å². The number of aromatic nitrogens is 3. The third kappa shape index (κ3) is 5.24. The van der Waals surface area contributed by atoms with Crippen molar-refractivity contribution in [2.45, 2.75) is 11.6 Å². The van der Waals surface area contributed by atoms with E-state index in [1.807, 2.05) is 41.9 Å². The molecule has 0 aliphatic heterocycles. The molecule has 0 saturated carbocycles. The number of rotatable bonds is 8. The lowest BCUT2D eigenvalue weighted by atomic mass is 10.1. The Morgan fingerprint density at radius 1 is 1.07 bits per heavy atom. The van der Waals surface area contributed by atoms with Gasteiger partial charge in [0.15, 0.2) is 10.9 Å². The topological polar surface area (TPSA) is 85.2 Å². The fourth-order valence-corrected chi connectivity index (χ4v) is 3.99. The maximum Gasteiger partial charge on any atom is 0.231 e. The SMILES string of the molecule is CN(c1ccc(C(=O)CSc2nnc(Cc3ccccc3)n2C)cc1)S(C)(=O)=O. The molecular weight excluding hydrogens is 408 g/mol. The van der Waals surface area contributed by atoms with Crippen LogP contribution in [0.25, 0.3) is 0 Å². The minimum absolute atomic E-state index is 0.0591. The van der Waals surface area contributed by atoms with Gasteiger partial charge in [-0.2, -0.15) is 0 Å². The van der Waals surface area contributed by atoms with Crippen LogP contribution in [0, 0.1) is 0 Å². The normalized spacial score (nSPS) is 11.4. The van der Waals surface area contributed by atoms with E-state index in [9.17, 15) is 13.2 Å². The van der Waals surface area contributed by atoms with E-state index in [0.717, 1.165) is 17.6 Å². The number of nitrogens with zero attached hydrogens (tertiary/aromatic N) is 4. The van der Waals surface area contributed by atoms with E-state index < -0.39 is 10.0 Å². The number of anilines is 1. The molecule has 9 heteroatoms. The van der Waals surface area contributed by atoms with E-state index in [1.165, 1.54) is 23.1 Å². The molecule has 0 bridgehead atoms. The Balaban J connectivity index is 1.62. The van der Waals surface area contributed by atoms with Gasteiger partial charge in [-0.1, -0.05) is 42.1 Å². The number of Topliss-reactive ketones (excluding diaryl/α,β-unsaturated/α-hetero) is 1. The van der Waals surface area contributed by atoms with Gasteiger partial charge in [-0.05, 0) is 29.8 Å². The molecule has 0 unspecified atom stereocenters. The second kappa shape index (κ2) is 8.79. The molecule has 0 spiro atoms. The fourth-order valence-electron chi connectivity index (χ4n) is 2.67. The lowest BCUT2D eigenvalue weighted by Crippen LogP contribution is -2.24. The zero-order valence-corrected chi connectivity index (χ0v) is 18.1. The summed E-state index contributed by atoms with van der Waals surface area (Å²) < 4.78 is 26.3. The second-order valence-electron chi connectivity index (χ2n) is 6.61. The Bertz CT molecular complexity index is 1090. The number of carbonyl (C=O) groups excluding carboxylic acids is 1. The average Bonchev–Trinajstić information content (AvgIpc) is 3.05. The van der Waals surface area contributed by atoms with Gasteiger partial charge in [-0.3, -0.25) is 9.10 Å². The van der Waals surface area contributed by atoms with E-state index in [1.54, 1.807) is 24.3 Å². The van der Waals surface area contributed by atoms with Crippen molar-refractivity contribution in [3.63, 3.8) is 0 Å². The molecule has 0 fully saturated rings. The van der Waals surface area contributed by atoms with Crippen LogP contribution in [-0.2, 0) is 23.5 Å². The number of hydrogen-bond donors (Lipinski definition) is 0. The summed E-state index contributed by atoms with van der Waals surface area (Å²) in [6.07, 6.45) is 1.81. The molecule has 0 atom stereocenters. The van der Waals surface area contributed by atoms with Crippen LogP contribution in [0.5, 0.6) is 0 Å². The second-order valence-corrected chi connectivity index (χ2v) is 9.57. The molecule has 1 heterocycles. The highest BCUT2D eigenvalue weighted by atomic mass is 32.2. The summed E-state index contributed by atoms with van der Waals surface area (Å²) in [6, 6.07) is 16.5. The Hall–Kier alpha value is -2.65. The number of carbonyl (C=O) groups is 1. The van der Waals surface area contributed by atoms with Gasteiger partial charge in [0.25, 0.3) is 0 Å². The lowest BCUT2D eigenvalue weighted by Gasteiger charge is -2.16. The third-order valence-corrected chi connectivity index (χ3v) is 6.74. The number of thioether (sulfide) groups is 1. The van der Waals surface area contributed by atoms with E-state index in [4.69, 9.17) is 0 Å². The number of ketones is 1. The summed E-state index contributed by atoms with van der Waals surface area (Å²) >= 11 is 1.33. The monoisotopic (exact) mass is 430 g/mol. The molecule has 2 aromatic carbocycles. The van der Waals surface area contributed by atoms with Crippen LogP contribution in [-0.4, -0.2) is 48.0 Å². The van der Waals surface area contributed by atoms with Crippen molar-refractivity contribution in [2.75, 3.05) is 23.4 Å². The molecule has 0 N–H and O–H groups in total. The van der Waals surface area contributed by atoms with Gasteiger partial charge < -0.3 is 4.57 Å². The minimum atomic E-state index is -3.33. The van der Waals surface area contributed by atoms with Gasteiger partial charge in [0.1, 0.15) is 5.82 Å². The molecule has 0 saturated heterocycles. The van der Waals surface area contributed by atoms with Crippen molar-refractivity contribution in [3.05, 3.63) is 71.5 Å². The highest BCUT2D eigenvalue weighted by Gasteiger charge is 2.15. The molecule has 0 aliphatic rings. The van der Waals surface area contributed by atoms with E-state index >= 15 is 0 Å². The van der Waals surface area contributed by atoms with Crippen LogP contribution < -0.4 is 4.31 Å². The zero-order chi connectivity index (χ0) is 21.0. The van der Waals surface area contributed by atoms with Gasteiger partial charge >= 0.3 is 0 Å². The van der Waals surface area contributed by atoms with Crippen molar-refractivity contribution in [1.29, 1.82) is 0 Å². The van der Waals surface area contributed by atoms with E-state index in [0.29, 0.717) is 22.8 Å². The third-order valence-electron chi connectivity index (χ3n) is 4.51. The maximum absolute atomic E-state index is 12.5. The number of benzene rings is 2. The first-order valence-electron chi connectivity index (χ1n) is 8.88. The maximum atomic E-state index is 12.5. The van der Waals surface area contributed by atoms with Crippen molar-refractivity contribution in [2.24, 2.45) is 7.05 Å². The predicted molar refractivity (Wildman–Crippen MR) is 115 cm³/mol. The van der Waals surface area contributed by atoms with Gasteiger partial charge in [0.05, 0.1) is 17.7 Å². The highest BCUT2D eigenvalue weighted by molar-refractivity contribution is 7.99. The number of hydrogen-bond acceptors (Lipinski definition) is 6. The van der Waals surface area contributed by atoms with E-state index in [2.05, 4.69) is 10.2 Å². The molecule has 3 rings (SSSR count). The van der Waals surface area contributed by atoms with Crippen LogP contribution in [0.2, 0.25) is 0 Å². The average molecular weight is 431 g/mol.